The lowest BCUT2D eigenvalue weighted by Crippen LogP contribution is -2.12. The molecule has 0 atom stereocenters. The number of carbonyl (C=O) groups excluding carboxylic acids is 1. The van der Waals surface area contributed by atoms with Gasteiger partial charge in [0.1, 0.15) is 5.75 Å². The highest BCUT2D eigenvalue weighted by Gasteiger charge is 2.20. The molecular weight excluding hydrogens is 330 g/mol. The number of carbonyl (C=O) groups is 1. The van der Waals surface area contributed by atoms with E-state index in [1.54, 1.807) is 0 Å². The number of nitrogens with one attached hydrogen (secondary N) is 1. The molecule has 2 N–H and O–H groups in total. The van der Waals surface area contributed by atoms with Crippen molar-refractivity contribution >= 4 is 34.6 Å². The van der Waals surface area contributed by atoms with E-state index in [-0.39, 0.29) is 22.0 Å². The smallest absolute Gasteiger partial charge is 0.271 e. The van der Waals surface area contributed by atoms with Gasteiger partial charge in [0.05, 0.1) is 20.4 Å². The van der Waals surface area contributed by atoms with Gasteiger partial charge in [0.2, 0.25) is 0 Å². The molecule has 0 aliphatic rings. The lowest BCUT2D eigenvalue weighted by atomic mass is 10.1. The number of anilines is 1. The molecule has 2 aromatic carbocycles. The predicted molar refractivity (Wildman–Crippen MR) is 80.8 cm³/mol. The Balaban J connectivity index is 2.30. The largest absolute Gasteiger partial charge is 0.506 e. The van der Waals surface area contributed by atoms with Crippen LogP contribution >= 0.6 is 11.6 Å². The third-order valence-electron chi connectivity index (χ3n) is 2.84. The van der Waals surface area contributed by atoms with Gasteiger partial charge in [-0.3, -0.25) is 25.0 Å². The number of rotatable bonds is 4. The van der Waals surface area contributed by atoms with E-state index in [1.165, 1.54) is 24.3 Å². The highest BCUT2D eigenvalue weighted by molar-refractivity contribution is 6.33. The average Bonchev–Trinajstić information content (AvgIpc) is 2.50. The molecule has 0 spiro atoms. The fourth-order valence-corrected chi connectivity index (χ4v) is 1.94. The van der Waals surface area contributed by atoms with E-state index in [1.807, 2.05) is 0 Å². The SMILES string of the molecule is O=C(Nc1ccc([N+](=O)[O-])cc1)c1cc([N+](=O)[O-])cc(Cl)c1O. The Bertz CT molecular complexity index is 806. The van der Waals surface area contributed by atoms with Gasteiger partial charge in [0.15, 0.2) is 0 Å². The number of nitro benzene ring substituents is 2. The maximum absolute atomic E-state index is 12.1. The molecular formula is C13H8ClN3O6. The van der Waals surface area contributed by atoms with E-state index in [0.717, 1.165) is 12.1 Å². The predicted octanol–water partition coefficient (Wildman–Crippen LogP) is 3.11. The van der Waals surface area contributed by atoms with Crippen molar-refractivity contribution < 1.29 is 19.7 Å². The summed E-state index contributed by atoms with van der Waals surface area (Å²) in [5, 5.41) is 33.1. The summed E-state index contributed by atoms with van der Waals surface area (Å²) in [4.78, 5) is 32.1. The highest BCUT2D eigenvalue weighted by atomic mass is 35.5. The zero-order chi connectivity index (χ0) is 17.1. The van der Waals surface area contributed by atoms with Crippen LogP contribution in [0.25, 0.3) is 0 Å². The third-order valence-corrected chi connectivity index (χ3v) is 3.13. The molecule has 0 fully saturated rings. The second-order valence-electron chi connectivity index (χ2n) is 4.34. The van der Waals surface area contributed by atoms with E-state index >= 15 is 0 Å². The number of benzene rings is 2. The molecule has 23 heavy (non-hydrogen) atoms. The molecule has 118 valence electrons. The Morgan fingerprint density at radius 3 is 2.13 bits per heavy atom. The molecule has 10 heteroatoms. The number of nitrogens with zero attached hydrogens (tertiary/aromatic N) is 2. The van der Waals surface area contributed by atoms with Gasteiger partial charge < -0.3 is 10.4 Å². The van der Waals surface area contributed by atoms with E-state index in [2.05, 4.69) is 5.32 Å². The normalized spacial score (nSPS) is 10.1. The van der Waals surface area contributed by atoms with Gasteiger partial charge in [-0.2, -0.15) is 0 Å². The van der Waals surface area contributed by atoms with Gasteiger partial charge in [0, 0.05) is 30.0 Å². The highest BCUT2D eigenvalue weighted by Crippen LogP contribution is 2.32. The number of phenols is 1. The first-order chi connectivity index (χ1) is 10.8. The van der Waals surface area contributed by atoms with Crippen LogP contribution in [0.5, 0.6) is 5.75 Å². The van der Waals surface area contributed by atoms with Gasteiger partial charge in [-0.1, -0.05) is 11.6 Å². The van der Waals surface area contributed by atoms with Gasteiger partial charge in [-0.15, -0.1) is 0 Å². The molecule has 0 heterocycles. The van der Waals surface area contributed by atoms with Crippen LogP contribution in [-0.2, 0) is 0 Å². The van der Waals surface area contributed by atoms with Crippen molar-refractivity contribution in [2.24, 2.45) is 0 Å². The Labute approximate surface area is 133 Å². The van der Waals surface area contributed by atoms with Crippen molar-refractivity contribution in [1.82, 2.24) is 0 Å². The third kappa shape index (κ3) is 3.52. The number of amides is 1. The second kappa shape index (κ2) is 6.28. The van der Waals surface area contributed by atoms with Crippen LogP contribution in [0.3, 0.4) is 0 Å². The van der Waals surface area contributed by atoms with Crippen LogP contribution in [0.4, 0.5) is 17.1 Å². The van der Waals surface area contributed by atoms with E-state index in [4.69, 9.17) is 11.6 Å². The van der Waals surface area contributed by atoms with Crippen LogP contribution < -0.4 is 5.32 Å². The molecule has 0 bridgehead atoms. The molecule has 0 aliphatic carbocycles. The zero-order valence-electron chi connectivity index (χ0n) is 11.2. The Hall–Kier alpha value is -3.20. The zero-order valence-corrected chi connectivity index (χ0v) is 12.0. The van der Waals surface area contributed by atoms with Gasteiger partial charge >= 0.3 is 0 Å². The molecule has 0 aliphatic heterocycles. The van der Waals surface area contributed by atoms with E-state index < -0.39 is 27.2 Å². The average molecular weight is 338 g/mol. The number of hydrogen-bond acceptors (Lipinski definition) is 6. The van der Waals surface area contributed by atoms with Crippen molar-refractivity contribution in [2.45, 2.75) is 0 Å². The Kier molecular flexibility index (Phi) is 4.42. The van der Waals surface area contributed by atoms with Crippen molar-refractivity contribution in [3.8, 4) is 5.75 Å². The summed E-state index contributed by atoms with van der Waals surface area (Å²) < 4.78 is 0. The molecule has 2 rings (SSSR count). The topological polar surface area (TPSA) is 136 Å². The summed E-state index contributed by atoms with van der Waals surface area (Å²) >= 11 is 5.66. The summed E-state index contributed by atoms with van der Waals surface area (Å²) in [7, 11) is 0. The monoisotopic (exact) mass is 337 g/mol. The maximum atomic E-state index is 12.1. The van der Waals surface area contributed by atoms with Gasteiger partial charge in [0.25, 0.3) is 17.3 Å². The number of nitro groups is 2. The first kappa shape index (κ1) is 16.2. The van der Waals surface area contributed by atoms with Crippen LogP contribution in [0, 0.1) is 20.2 Å². The number of halogens is 1. The van der Waals surface area contributed by atoms with Crippen LogP contribution in [-0.4, -0.2) is 20.9 Å². The summed E-state index contributed by atoms with van der Waals surface area (Å²) in [6.45, 7) is 0. The fraction of sp³-hybridized carbons (Fsp3) is 0. The molecule has 1 amide bonds. The first-order valence-corrected chi connectivity index (χ1v) is 6.40. The number of hydrogen-bond donors (Lipinski definition) is 2. The molecule has 0 unspecified atom stereocenters. The number of phenolic OH excluding ortho intramolecular Hbond substituents is 1. The second-order valence-corrected chi connectivity index (χ2v) is 4.75. The Morgan fingerprint density at radius 1 is 1.04 bits per heavy atom. The van der Waals surface area contributed by atoms with Crippen molar-refractivity contribution in [3.05, 3.63) is 67.2 Å². The van der Waals surface area contributed by atoms with Gasteiger partial charge in [-0.05, 0) is 12.1 Å². The first-order valence-electron chi connectivity index (χ1n) is 6.02. The lowest BCUT2D eigenvalue weighted by Gasteiger charge is -2.08. The van der Waals surface area contributed by atoms with Crippen molar-refractivity contribution in [3.63, 3.8) is 0 Å². The number of non-ortho nitro benzene ring substituents is 2. The molecule has 2 aromatic rings. The van der Waals surface area contributed by atoms with Crippen LogP contribution in [0.15, 0.2) is 36.4 Å². The van der Waals surface area contributed by atoms with E-state index in [9.17, 15) is 30.1 Å². The minimum absolute atomic E-state index is 0.163. The fourth-order valence-electron chi connectivity index (χ4n) is 1.73. The van der Waals surface area contributed by atoms with E-state index in [0.29, 0.717) is 0 Å². The quantitative estimate of drug-likeness (QED) is 0.649. The number of aromatic hydroxyl groups is 1. The minimum Gasteiger partial charge on any atom is -0.506 e. The van der Waals surface area contributed by atoms with Crippen LogP contribution in [0.2, 0.25) is 5.02 Å². The minimum atomic E-state index is -0.845. The van der Waals surface area contributed by atoms with Gasteiger partial charge in [-0.25, -0.2) is 0 Å². The van der Waals surface area contributed by atoms with Crippen molar-refractivity contribution in [1.29, 1.82) is 0 Å². The van der Waals surface area contributed by atoms with Crippen LogP contribution in [0.1, 0.15) is 10.4 Å². The maximum Gasteiger partial charge on any atom is 0.271 e. The molecule has 0 radical (unpaired) electrons. The lowest BCUT2D eigenvalue weighted by molar-refractivity contribution is -0.385. The molecule has 0 saturated carbocycles. The molecule has 9 nitrogen and oxygen atoms in total. The molecule has 0 saturated heterocycles. The summed E-state index contributed by atoms with van der Waals surface area (Å²) in [5.74, 6) is -1.45. The summed E-state index contributed by atoms with van der Waals surface area (Å²) in [6, 6.07) is 6.71. The standard InChI is InChI=1S/C13H8ClN3O6/c14-11-6-9(17(22)23)5-10(12(11)18)13(19)15-7-1-3-8(4-2-7)16(20)21/h1-6,18H,(H,15,19). The summed E-state index contributed by atoms with van der Waals surface area (Å²) in [6.07, 6.45) is 0. The Morgan fingerprint density at radius 2 is 1.61 bits per heavy atom. The summed E-state index contributed by atoms with van der Waals surface area (Å²) in [5.41, 5.74) is -0.795. The molecule has 0 aromatic heterocycles. The van der Waals surface area contributed by atoms with Crippen molar-refractivity contribution in [2.75, 3.05) is 5.32 Å².